The molecule has 29 heavy (non-hydrogen) atoms. The maximum Gasteiger partial charge on any atom is 0.227 e. The van der Waals surface area contributed by atoms with E-state index in [1.165, 1.54) is 24.0 Å². The quantitative estimate of drug-likeness (QED) is 0.711. The van der Waals surface area contributed by atoms with Gasteiger partial charge in [-0.1, -0.05) is 35.3 Å². The summed E-state index contributed by atoms with van der Waals surface area (Å²) >= 11 is 12.2. The molecule has 0 bridgehead atoms. The van der Waals surface area contributed by atoms with Crippen LogP contribution in [0.5, 0.6) is 0 Å². The van der Waals surface area contributed by atoms with E-state index in [4.69, 9.17) is 28.9 Å². The predicted octanol–water partition coefficient (Wildman–Crippen LogP) is 4.73. The second-order valence-electron chi connectivity index (χ2n) is 8.18. The zero-order valence-electron chi connectivity index (χ0n) is 16.7. The average molecular weight is 432 g/mol. The van der Waals surface area contributed by atoms with Gasteiger partial charge in [0.2, 0.25) is 5.91 Å². The molecule has 4 rings (SSSR count). The van der Waals surface area contributed by atoms with Crippen molar-refractivity contribution in [3.63, 3.8) is 0 Å². The standard InChI is InChI=1S/C23H27Cl2N3O/c1-27(22(29)13-15-4-8-19(24)20(25)12-15)23-18-14-17(26)7-5-16(18)6-9-21(23)28-10-2-3-11-28/h4-5,7-8,12,14,21,23H,2-3,6,9-11,13,26H2,1H3/t21-,23-/m0/s1. The van der Waals surface area contributed by atoms with Gasteiger partial charge in [0, 0.05) is 18.8 Å². The molecule has 0 aromatic heterocycles. The van der Waals surface area contributed by atoms with Crippen LogP contribution in [0.15, 0.2) is 36.4 Å². The minimum absolute atomic E-state index is 0.00984. The van der Waals surface area contributed by atoms with E-state index in [1.807, 2.05) is 24.1 Å². The molecule has 1 aliphatic carbocycles. The third-order valence-corrected chi connectivity index (χ3v) is 7.06. The fraction of sp³-hybridized carbons (Fsp3) is 0.435. The van der Waals surface area contributed by atoms with Crippen molar-refractivity contribution in [2.45, 2.75) is 44.2 Å². The molecule has 1 amide bonds. The van der Waals surface area contributed by atoms with E-state index in [0.29, 0.717) is 22.5 Å². The van der Waals surface area contributed by atoms with Gasteiger partial charge in [-0.3, -0.25) is 9.69 Å². The normalized spacial score (nSPS) is 21.8. The topological polar surface area (TPSA) is 49.6 Å². The number of hydrogen-bond donors (Lipinski definition) is 1. The SMILES string of the molecule is CN(C(=O)Cc1ccc(Cl)c(Cl)c1)[C@H]1c2cc(N)ccc2CC[C@@H]1N1CCCC1. The van der Waals surface area contributed by atoms with Crippen LogP contribution >= 0.6 is 23.2 Å². The molecular weight excluding hydrogens is 405 g/mol. The van der Waals surface area contributed by atoms with Crippen molar-refractivity contribution in [2.24, 2.45) is 0 Å². The van der Waals surface area contributed by atoms with Crippen LogP contribution in [0.3, 0.4) is 0 Å². The molecule has 2 aromatic carbocycles. The zero-order chi connectivity index (χ0) is 20.5. The van der Waals surface area contributed by atoms with Crippen molar-refractivity contribution in [3.05, 3.63) is 63.1 Å². The highest BCUT2D eigenvalue weighted by Crippen LogP contribution is 2.39. The van der Waals surface area contributed by atoms with Crippen molar-refractivity contribution in [1.29, 1.82) is 0 Å². The highest BCUT2D eigenvalue weighted by atomic mass is 35.5. The number of aryl methyl sites for hydroxylation is 1. The number of likely N-dealkylation sites (tertiary alicyclic amines) is 1. The fourth-order valence-corrected chi connectivity index (χ4v) is 5.13. The average Bonchev–Trinajstić information content (AvgIpc) is 3.24. The van der Waals surface area contributed by atoms with Crippen LogP contribution in [-0.4, -0.2) is 41.9 Å². The Morgan fingerprint density at radius 2 is 1.90 bits per heavy atom. The van der Waals surface area contributed by atoms with Gasteiger partial charge in [0.1, 0.15) is 0 Å². The summed E-state index contributed by atoms with van der Waals surface area (Å²) in [5.41, 5.74) is 10.2. The molecule has 2 aromatic rings. The van der Waals surface area contributed by atoms with Gasteiger partial charge in [-0.05, 0) is 79.7 Å². The number of nitrogen functional groups attached to an aromatic ring is 1. The third kappa shape index (κ3) is 4.25. The number of carbonyl (C=O) groups excluding carboxylic acids is 1. The minimum Gasteiger partial charge on any atom is -0.399 e. The molecule has 4 nitrogen and oxygen atoms in total. The van der Waals surface area contributed by atoms with Gasteiger partial charge in [0.15, 0.2) is 0 Å². The Kier molecular flexibility index (Phi) is 6.05. The summed E-state index contributed by atoms with van der Waals surface area (Å²) in [6.07, 6.45) is 4.85. The van der Waals surface area contributed by atoms with E-state index >= 15 is 0 Å². The number of nitrogens with zero attached hydrogens (tertiary/aromatic N) is 2. The Balaban J connectivity index is 1.63. The van der Waals surface area contributed by atoms with Gasteiger partial charge in [-0.15, -0.1) is 0 Å². The van der Waals surface area contributed by atoms with Crippen molar-refractivity contribution in [3.8, 4) is 0 Å². The third-order valence-electron chi connectivity index (χ3n) is 6.32. The van der Waals surface area contributed by atoms with Crippen LogP contribution in [0.1, 0.15) is 42.0 Å². The van der Waals surface area contributed by atoms with Gasteiger partial charge in [0.05, 0.1) is 22.5 Å². The first kappa shape index (κ1) is 20.5. The lowest BCUT2D eigenvalue weighted by Crippen LogP contribution is -2.48. The summed E-state index contributed by atoms with van der Waals surface area (Å²) in [5, 5.41) is 0.979. The van der Waals surface area contributed by atoms with E-state index in [-0.39, 0.29) is 11.9 Å². The number of nitrogens with two attached hydrogens (primary N) is 1. The molecule has 0 spiro atoms. The monoisotopic (exact) mass is 431 g/mol. The largest absolute Gasteiger partial charge is 0.399 e. The Morgan fingerprint density at radius 3 is 2.62 bits per heavy atom. The number of anilines is 1. The molecule has 1 aliphatic heterocycles. The number of carbonyl (C=O) groups is 1. The number of hydrogen-bond acceptors (Lipinski definition) is 3. The Morgan fingerprint density at radius 1 is 1.14 bits per heavy atom. The lowest BCUT2D eigenvalue weighted by molar-refractivity contribution is -0.133. The minimum atomic E-state index is 0.00984. The molecule has 1 fully saturated rings. The summed E-state index contributed by atoms with van der Waals surface area (Å²) in [7, 11) is 1.92. The van der Waals surface area contributed by atoms with Crippen LogP contribution in [0.4, 0.5) is 5.69 Å². The van der Waals surface area contributed by atoms with Gasteiger partial charge in [-0.2, -0.15) is 0 Å². The molecular formula is C23H27Cl2N3O. The molecule has 154 valence electrons. The highest BCUT2D eigenvalue weighted by Gasteiger charge is 2.38. The molecule has 6 heteroatoms. The first-order valence-electron chi connectivity index (χ1n) is 10.3. The molecule has 1 saturated heterocycles. The van der Waals surface area contributed by atoms with E-state index in [1.54, 1.807) is 12.1 Å². The smallest absolute Gasteiger partial charge is 0.227 e. The Bertz CT molecular complexity index is 911. The zero-order valence-corrected chi connectivity index (χ0v) is 18.2. The molecule has 2 atom stereocenters. The summed E-state index contributed by atoms with van der Waals surface area (Å²) in [6.45, 7) is 2.21. The second kappa shape index (κ2) is 8.55. The Labute approximate surface area is 182 Å². The van der Waals surface area contributed by atoms with Crippen LogP contribution in [0.25, 0.3) is 0 Å². The first-order valence-corrected chi connectivity index (χ1v) is 11.0. The number of fused-ring (bicyclic) bond motifs is 1. The lowest BCUT2D eigenvalue weighted by atomic mass is 9.82. The maximum atomic E-state index is 13.3. The highest BCUT2D eigenvalue weighted by molar-refractivity contribution is 6.42. The Hall–Kier alpha value is -1.75. The molecule has 0 radical (unpaired) electrons. The van der Waals surface area contributed by atoms with Crippen molar-refractivity contribution < 1.29 is 4.79 Å². The predicted molar refractivity (Wildman–Crippen MR) is 119 cm³/mol. The van der Waals surface area contributed by atoms with Gasteiger partial charge in [-0.25, -0.2) is 0 Å². The number of halogens is 2. The van der Waals surface area contributed by atoms with Crippen LogP contribution in [0, 0.1) is 0 Å². The van der Waals surface area contributed by atoms with Crippen LogP contribution in [-0.2, 0) is 17.6 Å². The van der Waals surface area contributed by atoms with E-state index in [2.05, 4.69) is 17.0 Å². The summed E-state index contributed by atoms with van der Waals surface area (Å²) in [6, 6.07) is 11.9. The molecule has 0 unspecified atom stereocenters. The van der Waals surface area contributed by atoms with E-state index in [0.717, 1.165) is 37.2 Å². The number of rotatable bonds is 4. The number of benzene rings is 2. The van der Waals surface area contributed by atoms with Crippen LogP contribution < -0.4 is 5.73 Å². The summed E-state index contributed by atoms with van der Waals surface area (Å²) < 4.78 is 0. The molecule has 1 heterocycles. The molecule has 2 N–H and O–H groups in total. The number of likely N-dealkylation sites (N-methyl/N-ethyl adjacent to an activating group) is 1. The summed E-state index contributed by atoms with van der Waals surface area (Å²) in [5.74, 6) is 0.0767. The van der Waals surface area contributed by atoms with E-state index < -0.39 is 0 Å². The first-order chi connectivity index (χ1) is 13.9. The van der Waals surface area contributed by atoms with Crippen molar-refractivity contribution in [2.75, 3.05) is 25.9 Å². The summed E-state index contributed by atoms with van der Waals surface area (Å²) in [4.78, 5) is 17.7. The fourth-order valence-electron chi connectivity index (χ4n) is 4.81. The maximum absolute atomic E-state index is 13.3. The lowest BCUT2D eigenvalue weighted by Gasteiger charge is -2.43. The second-order valence-corrected chi connectivity index (χ2v) is 9.00. The molecule has 0 saturated carbocycles. The van der Waals surface area contributed by atoms with Crippen molar-refractivity contribution >= 4 is 34.8 Å². The molecule has 2 aliphatic rings. The number of amides is 1. The van der Waals surface area contributed by atoms with Gasteiger partial charge < -0.3 is 10.6 Å². The van der Waals surface area contributed by atoms with Gasteiger partial charge >= 0.3 is 0 Å². The van der Waals surface area contributed by atoms with Crippen LogP contribution in [0.2, 0.25) is 10.0 Å². The van der Waals surface area contributed by atoms with Crippen molar-refractivity contribution in [1.82, 2.24) is 9.80 Å². The van der Waals surface area contributed by atoms with E-state index in [9.17, 15) is 4.79 Å². The van der Waals surface area contributed by atoms with Gasteiger partial charge in [0.25, 0.3) is 0 Å².